The van der Waals surface area contributed by atoms with Crippen LogP contribution in [-0.4, -0.2) is 20.5 Å². The molecule has 0 aliphatic carbocycles. The zero-order valence-corrected chi connectivity index (χ0v) is 15.1. The van der Waals surface area contributed by atoms with E-state index in [4.69, 9.17) is 4.74 Å². The number of hydrogen-bond donors (Lipinski definition) is 1. The number of hydrogen-bond acceptors (Lipinski definition) is 5. The second-order valence-electron chi connectivity index (χ2n) is 5.72. The molecule has 8 heteroatoms. The van der Waals surface area contributed by atoms with Crippen molar-refractivity contribution in [2.24, 2.45) is 0 Å². The predicted octanol–water partition coefficient (Wildman–Crippen LogP) is 4.12. The molecule has 0 spiro atoms. The van der Waals surface area contributed by atoms with E-state index in [1.165, 1.54) is 12.1 Å². The monoisotopic (exact) mass is 400 g/mol. The first-order chi connectivity index (χ1) is 10.7. The first-order valence-corrected chi connectivity index (χ1v) is 8.45. The lowest BCUT2D eigenvalue weighted by molar-refractivity contribution is 0.0636. The van der Waals surface area contributed by atoms with Gasteiger partial charge in [-0.3, -0.25) is 5.32 Å². The predicted molar refractivity (Wildman–Crippen MR) is 91.1 cm³/mol. The largest absolute Gasteiger partial charge is 0.740 e. The molecule has 2 aromatic carbocycles. The third-order valence-corrected chi connectivity index (χ3v) is 3.75. The standard InChI is InChI=1S/C15H16BrNO5S/c1-15(2,3)21-14(18)17-13-7-6-12(16)10-5-4-9(8-11(10)13)22-23(19)20/h4-8H,1-3H3,(H,17,18)(H,19,20)/p-1. The van der Waals surface area contributed by atoms with Gasteiger partial charge in [-0.1, -0.05) is 15.9 Å². The molecule has 1 unspecified atom stereocenters. The molecular formula is C15H15BrNO5S-. The van der Waals surface area contributed by atoms with Gasteiger partial charge in [-0.05, 0) is 56.5 Å². The van der Waals surface area contributed by atoms with Gasteiger partial charge in [0, 0.05) is 9.86 Å². The van der Waals surface area contributed by atoms with E-state index < -0.39 is 23.1 Å². The average Bonchev–Trinajstić information content (AvgIpc) is 2.39. The molecule has 1 amide bonds. The summed E-state index contributed by atoms with van der Waals surface area (Å²) in [6, 6.07) is 8.22. The zero-order valence-electron chi connectivity index (χ0n) is 12.7. The van der Waals surface area contributed by atoms with E-state index >= 15 is 0 Å². The van der Waals surface area contributed by atoms with Gasteiger partial charge >= 0.3 is 6.09 Å². The van der Waals surface area contributed by atoms with Crippen LogP contribution >= 0.6 is 15.9 Å². The summed E-state index contributed by atoms with van der Waals surface area (Å²) < 4.78 is 32.0. The highest BCUT2D eigenvalue weighted by molar-refractivity contribution is 9.10. The fraction of sp³-hybridized carbons (Fsp3) is 0.267. The van der Waals surface area contributed by atoms with Crippen LogP contribution < -0.4 is 9.50 Å². The van der Waals surface area contributed by atoms with Gasteiger partial charge in [-0.15, -0.1) is 0 Å². The number of benzene rings is 2. The fourth-order valence-electron chi connectivity index (χ4n) is 1.94. The van der Waals surface area contributed by atoms with Crippen molar-refractivity contribution in [2.45, 2.75) is 26.4 Å². The molecule has 124 valence electrons. The Balaban J connectivity index is 2.40. The Morgan fingerprint density at radius 3 is 2.52 bits per heavy atom. The molecule has 0 radical (unpaired) electrons. The third-order valence-electron chi connectivity index (χ3n) is 2.73. The van der Waals surface area contributed by atoms with Gasteiger partial charge in [0.1, 0.15) is 22.7 Å². The van der Waals surface area contributed by atoms with Gasteiger partial charge in [-0.2, -0.15) is 0 Å². The number of nitrogens with one attached hydrogen (secondary N) is 1. The second kappa shape index (κ2) is 6.86. The summed E-state index contributed by atoms with van der Waals surface area (Å²) in [7, 11) is 0. The molecule has 0 heterocycles. The van der Waals surface area contributed by atoms with E-state index in [0.717, 1.165) is 9.86 Å². The molecule has 1 N–H and O–H groups in total. The van der Waals surface area contributed by atoms with Crippen molar-refractivity contribution >= 4 is 49.8 Å². The number of rotatable bonds is 3. The van der Waals surface area contributed by atoms with E-state index in [-0.39, 0.29) is 5.75 Å². The molecule has 2 rings (SSSR count). The molecule has 0 fully saturated rings. The Bertz CT molecular complexity index is 772. The highest BCUT2D eigenvalue weighted by Crippen LogP contribution is 2.33. The van der Waals surface area contributed by atoms with E-state index in [1.54, 1.807) is 39.0 Å². The Kier molecular flexibility index (Phi) is 5.28. The van der Waals surface area contributed by atoms with Gasteiger partial charge in [0.2, 0.25) is 0 Å². The molecule has 6 nitrogen and oxygen atoms in total. The molecule has 0 saturated carbocycles. The van der Waals surface area contributed by atoms with Crippen molar-refractivity contribution in [2.75, 3.05) is 5.32 Å². The summed E-state index contributed by atoms with van der Waals surface area (Å²) in [5, 5.41) is 4.07. The maximum Gasteiger partial charge on any atom is 0.412 e. The van der Waals surface area contributed by atoms with Gasteiger partial charge in [0.25, 0.3) is 0 Å². The molecule has 2 aromatic rings. The Labute approximate surface area is 144 Å². The quantitative estimate of drug-likeness (QED) is 0.782. The molecule has 0 saturated heterocycles. The summed E-state index contributed by atoms with van der Waals surface area (Å²) in [6.45, 7) is 5.30. The maximum atomic E-state index is 11.9. The smallest absolute Gasteiger partial charge is 0.412 e. The third kappa shape index (κ3) is 4.92. The second-order valence-corrected chi connectivity index (χ2v) is 7.15. The Hall–Kier alpha value is -1.64. The molecular weight excluding hydrogens is 386 g/mol. The minimum absolute atomic E-state index is 0.149. The normalized spacial score (nSPS) is 12.7. The van der Waals surface area contributed by atoms with Crippen molar-refractivity contribution in [3.05, 3.63) is 34.8 Å². The SMILES string of the molecule is CC(C)(C)OC(=O)Nc1ccc(Br)c2ccc(OS(=O)[O-])cc12. The number of amides is 1. The Morgan fingerprint density at radius 2 is 1.91 bits per heavy atom. The lowest BCUT2D eigenvalue weighted by Crippen LogP contribution is -2.27. The van der Waals surface area contributed by atoms with Gasteiger partial charge in [0.15, 0.2) is 0 Å². The lowest BCUT2D eigenvalue weighted by Gasteiger charge is -2.20. The zero-order chi connectivity index (χ0) is 17.2. The average molecular weight is 401 g/mol. The van der Waals surface area contributed by atoms with Crippen LogP contribution in [0.15, 0.2) is 34.8 Å². The highest BCUT2D eigenvalue weighted by Gasteiger charge is 2.17. The molecule has 0 aromatic heterocycles. The van der Waals surface area contributed by atoms with Gasteiger partial charge in [0.05, 0.1) is 5.69 Å². The van der Waals surface area contributed by atoms with Gasteiger partial charge in [-0.25, -0.2) is 9.00 Å². The number of halogens is 1. The summed E-state index contributed by atoms with van der Waals surface area (Å²) >= 11 is 0.746. The van der Waals surface area contributed by atoms with Crippen molar-refractivity contribution in [1.82, 2.24) is 0 Å². The molecule has 1 atom stereocenters. The Morgan fingerprint density at radius 1 is 1.22 bits per heavy atom. The van der Waals surface area contributed by atoms with Crippen LogP contribution in [0.3, 0.4) is 0 Å². The van der Waals surface area contributed by atoms with Crippen molar-refractivity contribution < 1.29 is 22.5 Å². The van der Waals surface area contributed by atoms with Crippen molar-refractivity contribution in [1.29, 1.82) is 0 Å². The fourth-order valence-corrected chi connectivity index (χ4v) is 2.68. The van der Waals surface area contributed by atoms with Crippen LogP contribution in [0.1, 0.15) is 20.8 Å². The summed E-state index contributed by atoms with van der Waals surface area (Å²) in [4.78, 5) is 11.9. The van der Waals surface area contributed by atoms with Gasteiger partial charge < -0.3 is 13.5 Å². The van der Waals surface area contributed by atoms with Crippen LogP contribution in [0.2, 0.25) is 0 Å². The first-order valence-electron chi connectivity index (χ1n) is 6.65. The minimum atomic E-state index is -2.67. The molecule has 0 aliphatic rings. The van der Waals surface area contributed by atoms with Crippen LogP contribution in [0, 0.1) is 0 Å². The van der Waals surface area contributed by atoms with E-state index in [2.05, 4.69) is 25.4 Å². The van der Waals surface area contributed by atoms with Crippen molar-refractivity contribution in [3.8, 4) is 5.75 Å². The molecule has 0 bridgehead atoms. The number of carbonyl (C=O) groups excluding carboxylic acids is 1. The maximum absolute atomic E-state index is 11.9. The number of fused-ring (bicyclic) bond motifs is 1. The topological polar surface area (TPSA) is 87.7 Å². The summed E-state index contributed by atoms with van der Waals surface area (Å²) in [5.41, 5.74) is -0.136. The van der Waals surface area contributed by atoms with E-state index in [9.17, 15) is 13.6 Å². The minimum Gasteiger partial charge on any atom is -0.740 e. The van der Waals surface area contributed by atoms with Crippen LogP contribution in [-0.2, 0) is 16.1 Å². The molecule has 23 heavy (non-hydrogen) atoms. The number of anilines is 1. The highest BCUT2D eigenvalue weighted by atomic mass is 79.9. The van der Waals surface area contributed by atoms with Crippen LogP contribution in [0.25, 0.3) is 10.8 Å². The summed E-state index contributed by atoms with van der Waals surface area (Å²) in [5.74, 6) is 0.149. The molecule has 0 aliphatic heterocycles. The van der Waals surface area contributed by atoms with E-state index in [1.807, 2.05) is 0 Å². The van der Waals surface area contributed by atoms with Crippen molar-refractivity contribution in [3.63, 3.8) is 0 Å². The van der Waals surface area contributed by atoms with Crippen LogP contribution in [0.5, 0.6) is 5.75 Å². The first kappa shape index (κ1) is 17.7. The summed E-state index contributed by atoms with van der Waals surface area (Å²) in [6.07, 6.45) is -0.597. The van der Waals surface area contributed by atoms with E-state index in [0.29, 0.717) is 11.1 Å². The number of carbonyl (C=O) groups is 1. The lowest BCUT2D eigenvalue weighted by atomic mass is 10.1. The van der Waals surface area contributed by atoms with Crippen LogP contribution in [0.4, 0.5) is 10.5 Å². The number of ether oxygens (including phenoxy) is 1.